The van der Waals surface area contributed by atoms with Crippen molar-refractivity contribution in [1.29, 1.82) is 0 Å². The second kappa shape index (κ2) is 8.19. The van der Waals surface area contributed by atoms with Gasteiger partial charge in [-0.2, -0.15) is 0 Å². The van der Waals surface area contributed by atoms with Crippen LogP contribution in [0.1, 0.15) is 44.9 Å². The molecule has 3 saturated carbocycles. The van der Waals surface area contributed by atoms with Crippen LogP contribution in [0, 0.1) is 5.82 Å². The van der Waals surface area contributed by atoms with Crippen LogP contribution in [0.25, 0.3) is 0 Å². The fraction of sp³-hybridized carbons (Fsp3) is 0.727. The minimum absolute atomic E-state index is 0.00401. The van der Waals surface area contributed by atoms with Crippen molar-refractivity contribution < 1.29 is 14.2 Å². The van der Waals surface area contributed by atoms with Crippen LogP contribution >= 0.6 is 11.6 Å². The maximum absolute atomic E-state index is 13.5. The molecule has 0 radical (unpaired) electrons. The number of benzene rings is 1. The summed E-state index contributed by atoms with van der Waals surface area (Å²) in [6.07, 6.45) is 7.80. The lowest BCUT2D eigenvalue weighted by molar-refractivity contribution is -0.140. The van der Waals surface area contributed by atoms with E-state index in [1.807, 2.05) is 0 Å². The highest BCUT2D eigenvalue weighted by Crippen LogP contribution is 2.60. The van der Waals surface area contributed by atoms with E-state index in [1.165, 1.54) is 50.9 Å². The molecule has 166 valence electrons. The van der Waals surface area contributed by atoms with E-state index < -0.39 is 12.0 Å². The number of hydrogen-bond donors (Lipinski definition) is 4. The van der Waals surface area contributed by atoms with E-state index in [4.69, 9.17) is 16.3 Å². The first-order chi connectivity index (χ1) is 14.4. The Balaban J connectivity index is 1.05. The molecule has 2 bridgehead atoms. The second-order valence-corrected chi connectivity index (χ2v) is 10.1. The fourth-order valence-electron chi connectivity index (χ4n) is 6.05. The Morgan fingerprint density at radius 1 is 1.27 bits per heavy atom. The molecule has 3 unspecified atom stereocenters. The van der Waals surface area contributed by atoms with Crippen LogP contribution in [-0.2, 0) is 0 Å². The quantitative estimate of drug-likeness (QED) is 0.467. The van der Waals surface area contributed by atoms with Gasteiger partial charge in [-0.1, -0.05) is 11.6 Å². The van der Waals surface area contributed by atoms with E-state index in [1.54, 1.807) is 6.07 Å². The van der Waals surface area contributed by atoms with Crippen molar-refractivity contribution in [2.45, 2.75) is 74.5 Å². The van der Waals surface area contributed by atoms with Crippen molar-refractivity contribution in [2.24, 2.45) is 0 Å². The fourth-order valence-corrected chi connectivity index (χ4v) is 6.16. The Morgan fingerprint density at radius 3 is 2.77 bits per heavy atom. The van der Waals surface area contributed by atoms with Gasteiger partial charge in [0.15, 0.2) is 0 Å². The van der Waals surface area contributed by atoms with E-state index in [0.29, 0.717) is 18.0 Å². The maximum atomic E-state index is 13.5. The highest BCUT2D eigenvalue weighted by atomic mass is 35.5. The average molecular weight is 439 g/mol. The summed E-state index contributed by atoms with van der Waals surface area (Å²) in [5, 5.41) is 21.2. The monoisotopic (exact) mass is 438 g/mol. The predicted molar refractivity (Wildman–Crippen MR) is 114 cm³/mol. The van der Waals surface area contributed by atoms with E-state index in [0.717, 1.165) is 25.8 Å². The summed E-state index contributed by atoms with van der Waals surface area (Å²) in [7, 11) is 0. The molecule has 30 heavy (non-hydrogen) atoms. The smallest absolute Gasteiger partial charge is 0.145 e. The zero-order chi connectivity index (χ0) is 20.8. The highest BCUT2D eigenvalue weighted by molar-refractivity contribution is 6.30. The number of hydrogen-bond acceptors (Lipinski definition) is 6. The van der Waals surface area contributed by atoms with Gasteiger partial charge in [-0.25, -0.2) is 4.39 Å². The third-order valence-corrected chi connectivity index (χ3v) is 7.62. The number of likely N-dealkylation sites (tertiary alicyclic amines) is 1. The number of halogens is 2. The summed E-state index contributed by atoms with van der Waals surface area (Å²) in [6, 6.07) is 5.00. The van der Waals surface area contributed by atoms with Crippen LogP contribution < -0.4 is 20.7 Å². The third kappa shape index (κ3) is 4.20. The van der Waals surface area contributed by atoms with Gasteiger partial charge in [0.1, 0.15) is 24.4 Å². The number of rotatable bonds is 8. The summed E-state index contributed by atoms with van der Waals surface area (Å²) in [6.45, 7) is 3.68. The molecular formula is C22H32ClFN4O2. The van der Waals surface area contributed by atoms with Crippen molar-refractivity contribution in [3.8, 4) is 5.75 Å². The summed E-state index contributed by atoms with van der Waals surface area (Å²) in [4.78, 5) is 2.67. The minimum Gasteiger partial charge on any atom is -0.489 e. The summed E-state index contributed by atoms with van der Waals surface area (Å²) in [5.74, 6) is -0.156. The van der Waals surface area contributed by atoms with Crippen LogP contribution in [0.3, 0.4) is 0 Å². The van der Waals surface area contributed by atoms with E-state index in [-0.39, 0.29) is 22.7 Å². The van der Waals surface area contributed by atoms with Gasteiger partial charge in [0, 0.05) is 23.2 Å². The lowest BCUT2D eigenvalue weighted by Gasteiger charge is -2.72. The standard InChI is InChI=1S/C22H32ClFN4O2/c23-17-4-3-16(10-18(17)24)30-11-20(29)27-22-12-21(13-22,14-22)26-19-9-15(5-6-25-19)28-7-1-2-8-28/h3-4,10,15,19-20,25-27,29H,1-2,5-9,11-14H2. The Hall–Kier alpha value is -0.960. The maximum Gasteiger partial charge on any atom is 0.145 e. The van der Waals surface area contributed by atoms with Crippen molar-refractivity contribution >= 4 is 11.6 Å². The van der Waals surface area contributed by atoms with Gasteiger partial charge in [0.05, 0.1) is 11.2 Å². The number of piperidine rings is 1. The van der Waals surface area contributed by atoms with Crippen molar-refractivity contribution in [3.63, 3.8) is 0 Å². The topological polar surface area (TPSA) is 68.8 Å². The average Bonchev–Trinajstić information content (AvgIpc) is 3.21. The molecule has 5 fully saturated rings. The molecule has 3 atom stereocenters. The number of aliphatic hydroxyl groups is 1. The van der Waals surface area contributed by atoms with Gasteiger partial charge in [-0.05, 0) is 76.7 Å². The lowest BCUT2D eigenvalue weighted by atomic mass is 9.44. The zero-order valence-electron chi connectivity index (χ0n) is 17.3. The van der Waals surface area contributed by atoms with Gasteiger partial charge >= 0.3 is 0 Å². The van der Waals surface area contributed by atoms with Gasteiger partial charge in [0.25, 0.3) is 0 Å². The van der Waals surface area contributed by atoms with E-state index in [9.17, 15) is 9.50 Å². The largest absolute Gasteiger partial charge is 0.489 e. The zero-order valence-corrected chi connectivity index (χ0v) is 18.1. The predicted octanol–water partition coefficient (Wildman–Crippen LogP) is 2.20. The molecule has 2 aliphatic heterocycles. The number of nitrogens with zero attached hydrogens (tertiary/aromatic N) is 1. The van der Waals surface area contributed by atoms with Gasteiger partial charge in [0.2, 0.25) is 0 Å². The SMILES string of the molecule is OC(COc1ccc(Cl)c(F)c1)NC12CC(NC3CC(N4CCCC4)CCN3)(C1)C2. The van der Waals surface area contributed by atoms with Crippen LogP contribution in [0.5, 0.6) is 5.75 Å². The normalized spacial score (nSPS) is 36.8. The van der Waals surface area contributed by atoms with Gasteiger partial charge in [-0.15, -0.1) is 0 Å². The molecule has 6 rings (SSSR count). The molecule has 0 aromatic heterocycles. The Labute approximate surface area is 182 Å². The molecule has 2 heterocycles. The summed E-state index contributed by atoms with van der Waals surface area (Å²) < 4.78 is 19.0. The number of aliphatic hydroxyl groups excluding tert-OH is 1. The van der Waals surface area contributed by atoms with E-state index in [2.05, 4.69) is 20.9 Å². The van der Waals surface area contributed by atoms with Crippen molar-refractivity contribution in [3.05, 3.63) is 29.0 Å². The highest BCUT2D eigenvalue weighted by Gasteiger charge is 2.68. The number of nitrogens with one attached hydrogen (secondary N) is 3. The lowest BCUT2D eigenvalue weighted by Crippen LogP contribution is -2.85. The molecule has 1 aromatic carbocycles. The molecule has 3 aliphatic carbocycles. The second-order valence-electron chi connectivity index (χ2n) is 9.71. The van der Waals surface area contributed by atoms with Crippen molar-refractivity contribution in [2.75, 3.05) is 26.2 Å². The van der Waals surface area contributed by atoms with Crippen LogP contribution in [0.4, 0.5) is 4.39 Å². The van der Waals surface area contributed by atoms with Crippen LogP contribution in [0.15, 0.2) is 18.2 Å². The summed E-state index contributed by atoms with van der Waals surface area (Å²) >= 11 is 5.68. The molecule has 6 nitrogen and oxygen atoms in total. The first-order valence-corrected chi connectivity index (χ1v) is 11.6. The summed E-state index contributed by atoms with van der Waals surface area (Å²) in [5.41, 5.74) is 0.210. The minimum atomic E-state index is -0.783. The molecule has 8 heteroatoms. The Kier molecular flexibility index (Phi) is 5.71. The Morgan fingerprint density at radius 2 is 2.03 bits per heavy atom. The van der Waals surface area contributed by atoms with Crippen LogP contribution in [0.2, 0.25) is 5.02 Å². The number of ether oxygens (including phenoxy) is 1. The molecule has 0 spiro atoms. The first kappa shape index (κ1) is 20.9. The molecule has 0 amide bonds. The first-order valence-electron chi connectivity index (χ1n) is 11.2. The molecule has 4 N–H and O–H groups in total. The third-order valence-electron chi connectivity index (χ3n) is 7.32. The Bertz CT molecular complexity index is 756. The van der Waals surface area contributed by atoms with Gasteiger partial charge in [-0.3, -0.25) is 10.6 Å². The molecular weight excluding hydrogens is 407 g/mol. The van der Waals surface area contributed by atoms with Crippen molar-refractivity contribution in [1.82, 2.24) is 20.9 Å². The molecule has 5 aliphatic rings. The molecule has 1 aromatic rings. The van der Waals surface area contributed by atoms with Gasteiger partial charge < -0.3 is 20.1 Å². The van der Waals surface area contributed by atoms with E-state index >= 15 is 0 Å². The molecule has 2 saturated heterocycles. The van der Waals surface area contributed by atoms with Crippen LogP contribution in [-0.4, -0.2) is 65.8 Å².